The Kier molecular flexibility index (Phi) is 7.70. The first-order valence-corrected chi connectivity index (χ1v) is 6.29. The summed E-state index contributed by atoms with van der Waals surface area (Å²) in [6.45, 7) is 10.8. The highest BCUT2D eigenvalue weighted by atomic mass is 19.1. The zero-order chi connectivity index (χ0) is 16.5. The van der Waals surface area contributed by atoms with Gasteiger partial charge in [0.25, 0.3) is 0 Å². The fraction of sp³-hybridized carbons (Fsp3) is 0.294. The number of nitrogens with zero attached hydrogens (tertiary/aromatic N) is 1. The van der Waals surface area contributed by atoms with Crippen molar-refractivity contribution in [2.75, 3.05) is 7.11 Å². The third-order valence-corrected chi connectivity index (χ3v) is 2.70. The topological polar surface area (TPSA) is 50.1 Å². The molecule has 1 aliphatic rings. The lowest BCUT2D eigenvalue weighted by molar-refractivity contribution is -0.104. The van der Waals surface area contributed by atoms with Crippen molar-refractivity contribution in [3.05, 3.63) is 60.2 Å². The number of hydrogen-bond donors (Lipinski definition) is 0. The number of hydrogen-bond acceptors (Lipinski definition) is 3. The Morgan fingerprint density at radius 2 is 2.14 bits per heavy atom. The number of nitriles is 1. The van der Waals surface area contributed by atoms with E-state index in [1.807, 2.05) is 12.2 Å². The van der Waals surface area contributed by atoms with Gasteiger partial charge in [-0.3, -0.25) is 4.79 Å². The summed E-state index contributed by atoms with van der Waals surface area (Å²) in [5.74, 6) is -0.571. The molecule has 21 heavy (non-hydrogen) atoms. The first-order valence-electron chi connectivity index (χ1n) is 6.29. The van der Waals surface area contributed by atoms with Crippen molar-refractivity contribution >= 4 is 6.29 Å². The molecule has 0 aromatic heterocycles. The van der Waals surface area contributed by atoms with E-state index in [2.05, 4.69) is 37.8 Å². The molecule has 0 heterocycles. The summed E-state index contributed by atoms with van der Waals surface area (Å²) in [6, 6.07) is 1.56. The number of aldehydes is 1. The lowest BCUT2D eigenvalue weighted by Crippen LogP contribution is -2.09. The van der Waals surface area contributed by atoms with Gasteiger partial charge in [0.05, 0.1) is 12.7 Å². The normalized spacial score (nSPS) is 15.8. The first kappa shape index (κ1) is 18.6. The van der Waals surface area contributed by atoms with Gasteiger partial charge < -0.3 is 4.74 Å². The summed E-state index contributed by atoms with van der Waals surface area (Å²) in [4.78, 5) is 10.3. The number of carbonyl (C=O) groups is 1. The van der Waals surface area contributed by atoms with Crippen molar-refractivity contribution in [3.63, 3.8) is 0 Å². The van der Waals surface area contributed by atoms with Crippen LogP contribution in [-0.4, -0.2) is 13.4 Å². The molecule has 0 saturated carbocycles. The Morgan fingerprint density at radius 1 is 1.52 bits per heavy atom. The second kappa shape index (κ2) is 8.70. The Morgan fingerprint density at radius 3 is 2.52 bits per heavy atom. The van der Waals surface area contributed by atoms with Crippen molar-refractivity contribution in [1.82, 2.24) is 0 Å². The molecular formula is C17H20FNO2. The molecular weight excluding hydrogens is 269 g/mol. The van der Waals surface area contributed by atoms with Gasteiger partial charge in [-0.25, -0.2) is 4.39 Å². The van der Waals surface area contributed by atoms with E-state index in [0.717, 1.165) is 24.4 Å². The molecule has 3 nitrogen and oxygen atoms in total. The van der Waals surface area contributed by atoms with Gasteiger partial charge in [-0.2, -0.15) is 5.26 Å². The summed E-state index contributed by atoms with van der Waals surface area (Å²) in [6.07, 6.45) is 8.81. The van der Waals surface area contributed by atoms with Crippen LogP contribution in [0.15, 0.2) is 60.2 Å². The maximum absolute atomic E-state index is 12.6. The Bertz CT molecular complexity index is 546. The average Bonchev–Trinajstić information content (AvgIpc) is 2.46. The quantitative estimate of drug-likeness (QED) is 0.337. The van der Waals surface area contributed by atoms with Gasteiger partial charge in [-0.05, 0) is 11.8 Å². The van der Waals surface area contributed by atoms with E-state index in [1.165, 1.54) is 7.11 Å². The van der Waals surface area contributed by atoms with Crippen LogP contribution in [0.1, 0.15) is 20.3 Å². The molecule has 0 N–H and O–H groups in total. The number of ether oxygens (including phenoxy) is 1. The van der Waals surface area contributed by atoms with Crippen molar-refractivity contribution in [1.29, 1.82) is 5.26 Å². The van der Waals surface area contributed by atoms with Crippen LogP contribution in [0.4, 0.5) is 4.39 Å². The second-order valence-electron chi connectivity index (χ2n) is 5.10. The molecule has 112 valence electrons. The smallest absolute Gasteiger partial charge is 0.149 e. The van der Waals surface area contributed by atoms with Crippen molar-refractivity contribution < 1.29 is 13.9 Å². The van der Waals surface area contributed by atoms with Gasteiger partial charge in [0.2, 0.25) is 0 Å². The highest BCUT2D eigenvalue weighted by molar-refractivity contribution is 5.77. The number of allylic oxidation sites excluding steroid dienone is 7. The molecule has 0 amide bonds. The number of carbonyl (C=O) groups excluding carboxylic acids is 1. The Labute approximate surface area is 125 Å². The monoisotopic (exact) mass is 289 g/mol. The van der Waals surface area contributed by atoms with E-state index in [-0.39, 0.29) is 16.7 Å². The fourth-order valence-electron chi connectivity index (χ4n) is 1.27. The zero-order valence-electron chi connectivity index (χ0n) is 12.6. The van der Waals surface area contributed by atoms with Crippen LogP contribution in [0.5, 0.6) is 0 Å². The molecule has 4 heteroatoms. The predicted molar refractivity (Wildman–Crippen MR) is 81.8 cm³/mol. The zero-order valence-corrected chi connectivity index (χ0v) is 12.6. The molecule has 0 unspecified atom stereocenters. The SMILES string of the molecule is C=C(/C=C(/F)C(=C)C#N)OC.CC1(C)C=CC(C=O)=CC1. The van der Waals surface area contributed by atoms with Crippen LogP contribution in [-0.2, 0) is 9.53 Å². The minimum atomic E-state index is -0.723. The summed E-state index contributed by atoms with van der Waals surface area (Å²) in [7, 11) is 1.36. The summed E-state index contributed by atoms with van der Waals surface area (Å²) >= 11 is 0. The highest BCUT2D eigenvalue weighted by Crippen LogP contribution is 2.27. The number of methoxy groups -OCH3 is 1. The first-order chi connectivity index (χ1) is 9.75. The van der Waals surface area contributed by atoms with Crippen LogP contribution in [0, 0.1) is 16.7 Å². The van der Waals surface area contributed by atoms with Gasteiger partial charge in [-0.15, -0.1) is 0 Å². The predicted octanol–water partition coefficient (Wildman–Crippen LogP) is 4.18. The van der Waals surface area contributed by atoms with E-state index >= 15 is 0 Å². The molecule has 0 aromatic carbocycles. The maximum Gasteiger partial charge on any atom is 0.149 e. The molecule has 0 fully saturated rings. The van der Waals surface area contributed by atoms with E-state index in [9.17, 15) is 9.18 Å². The standard InChI is InChI=1S/C9H12O.C8H8FNO/c1-9(2)5-3-8(7-10)4-6-9;1-6(5-10)8(9)4-7(2)11-3/h3-5,7H,6H2,1-2H3;4H,1-2H2,3H3/b;8-4+. The molecule has 0 bridgehead atoms. The molecule has 1 rings (SSSR count). The van der Waals surface area contributed by atoms with Crippen LogP contribution < -0.4 is 0 Å². The Hall–Kier alpha value is -2.41. The summed E-state index contributed by atoms with van der Waals surface area (Å²) in [5.41, 5.74) is 0.814. The van der Waals surface area contributed by atoms with E-state index in [4.69, 9.17) is 5.26 Å². The van der Waals surface area contributed by atoms with E-state index in [0.29, 0.717) is 0 Å². The van der Waals surface area contributed by atoms with Crippen LogP contribution in [0.25, 0.3) is 0 Å². The minimum absolute atomic E-state index is 0.152. The highest BCUT2D eigenvalue weighted by Gasteiger charge is 2.14. The second-order valence-corrected chi connectivity index (χ2v) is 5.10. The minimum Gasteiger partial charge on any atom is -0.497 e. The molecule has 0 aliphatic heterocycles. The van der Waals surface area contributed by atoms with E-state index in [1.54, 1.807) is 6.07 Å². The Balaban J connectivity index is 0.000000382. The van der Waals surface area contributed by atoms with E-state index < -0.39 is 5.83 Å². The lowest BCUT2D eigenvalue weighted by atomic mass is 9.84. The van der Waals surface area contributed by atoms with Crippen molar-refractivity contribution in [2.24, 2.45) is 5.41 Å². The summed E-state index contributed by atoms with van der Waals surface area (Å²) in [5, 5.41) is 8.19. The molecule has 0 radical (unpaired) electrons. The number of halogens is 1. The van der Waals surface area contributed by atoms with Crippen molar-refractivity contribution in [3.8, 4) is 6.07 Å². The molecule has 0 aromatic rings. The van der Waals surface area contributed by atoms with Gasteiger partial charge in [0.1, 0.15) is 23.9 Å². The van der Waals surface area contributed by atoms with Gasteiger partial charge in [-0.1, -0.05) is 45.2 Å². The van der Waals surface area contributed by atoms with Gasteiger partial charge in [0, 0.05) is 11.6 Å². The third kappa shape index (κ3) is 7.68. The largest absolute Gasteiger partial charge is 0.497 e. The maximum atomic E-state index is 12.6. The third-order valence-electron chi connectivity index (χ3n) is 2.70. The number of rotatable bonds is 4. The van der Waals surface area contributed by atoms with Gasteiger partial charge >= 0.3 is 0 Å². The van der Waals surface area contributed by atoms with Crippen LogP contribution in [0.2, 0.25) is 0 Å². The lowest BCUT2D eigenvalue weighted by Gasteiger charge is -2.20. The van der Waals surface area contributed by atoms with Gasteiger partial charge in [0.15, 0.2) is 0 Å². The molecule has 0 atom stereocenters. The molecule has 0 saturated heterocycles. The van der Waals surface area contributed by atoms with Crippen LogP contribution >= 0.6 is 0 Å². The molecule has 1 aliphatic carbocycles. The van der Waals surface area contributed by atoms with Crippen LogP contribution in [0.3, 0.4) is 0 Å². The fourth-order valence-corrected chi connectivity index (χ4v) is 1.27. The average molecular weight is 289 g/mol. The molecule has 0 spiro atoms. The van der Waals surface area contributed by atoms with Crippen molar-refractivity contribution in [2.45, 2.75) is 20.3 Å². The summed E-state index contributed by atoms with van der Waals surface area (Å²) < 4.78 is 17.2.